The highest BCUT2D eigenvalue weighted by molar-refractivity contribution is 5.88. The van der Waals surface area contributed by atoms with Crippen molar-refractivity contribution >= 4 is 24.6 Å². The van der Waals surface area contributed by atoms with Crippen LogP contribution >= 0.6 is 0 Å². The summed E-state index contributed by atoms with van der Waals surface area (Å²) in [5.74, 6) is 0. The van der Waals surface area contributed by atoms with E-state index in [2.05, 4.69) is 17.2 Å². The number of amides is 5. The highest BCUT2D eigenvalue weighted by atomic mass is 16.4. The molecule has 0 aromatic heterocycles. The molecular weight excluding hydrogens is 200 g/mol. The van der Waals surface area contributed by atoms with Crippen LogP contribution < -0.4 is 22.5 Å². The number of primary amides is 3. The van der Waals surface area contributed by atoms with Gasteiger partial charge in [-0.25, -0.2) is 19.7 Å². The van der Waals surface area contributed by atoms with Crippen molar-refractivity contribution in [3.05, 3.63) is 0 Å². The van der Waals surface area contributed by atoms with Crippen molar-refractivity contribution in [2.75, 3.05) is 0 Å². The smallest absolute Gasteiger partial charge is 0.412 e. The monoisotopic (exact) mass is 210 g/mol. The minimum atomic E-state index is -1.44. The van der Waals surface area contributed by atoms with Gasteiger partial charge in [-0.2, -0.15) is 0 Å². The Morgan fingerprint density at radius 2 is 1.36 bits per heavy atom. The standard InChI is InChI=1S/C2H4N2O3.CH4N2O.CH2O2/c3-1(5)4-2(6)7;2-1(3)4;2-1-3/h(H,6,7)(H3,3,4,5);(H4,2,3,4);1H,(H,2,3). The Morgan fingerprint density at radius 3 is 1.36 bits per heavy atom. The average molecular weight is 210 g/mol. The van der Waals surface area contributed by atoms with Crippen LogP contribution in [0.15, 0.2) is 0 Å². The van der Waals surface area contributed by atoms with E-state index in [1.165, 1.54) is 5.32 Å². The van der Waals surface area contributed by atoms with Gasteiger partial charge in [-0.3, -0.25) is 4.79 Å². The van der Waals surface area contributed by atoms with Crippen LogP contribution in [0.25, 0.3) is 0 Å². The van der Waals surface area contributed by atoms with Crippen LogP contribution in [0.3, 0.4) is 0 Å². The summed E-state index contributed by atoms with van der Waals surface area (Å²) in [6.45, 7) is -0.250. The maximum Gasteiger partial charge on any atom is 0.412 e. The van der Waals surface area contributed by atoms with Gasteiger partial charge in [0.05, 0.1) is 0 Å². The molecule has 0 aliphatic heterocycles. The predicted molar refractivity (Wildman–Crippen MR) is 43.2 cm³/mol. The van der Waals surface area contributed by atoms with Gasteiger partial charge < -0.3 is 27.4 Å². The van der Waals surface area contributed by atoms with Crippen molar-refractivity contribution in [2.45, 2.75) is 0 Å². The molecule has 0 rings (SSSR count). The zero-order valence-corrected chi connectivity index (χ0v) is 6.84. The minimum absolute atomic E-state index is 0.250. The second-order valence-corrected chi connectivity index (χ2v) is 1.30. The van der Waals surface area contributed by atoms with E-state index in [9.17, 15) is 9.59 Å². The topological polar surface area (TPSA) is 199 Å². The number of carbonyl (C=O) groups is 4. The van der Waals surface area contributed by atoms with Gasteiger partial charge >= 0.3 is 18.2 Å². The molecule has 5 amide bonds. The van der Waals surface area contributed by atoms with Crippen LogP contribution in [0.5, 0.6) is 0 Å². The lowest BCUT2D eigenvalue weighted by Crippen LogP contribution is -2.33. The van der Waals surface area contributed by atoms with Crippen molar-refractivity contribution in [3.8, 4) is 0 Å². The van der Waals surface area contributed by atoms with Gasteiger partial charge in [-0.05, 0) is 0 Å². The summed E-state index contributed by atoms with van der Waals surface area (Å²) in [7, 11) is 0. The molecule has 0 aliphatic rings. The van der Waals surface area contributed by atoms with E-state index in [1.54, 1.807) is 0 Å². The molecule has 0 fully saturated rings. The fourth-order valence-electron chi connectivity index (χ4n) is 0.105. The lowest BCUT2D eigenvalue weighted by molar-refractivity contribution is -0.122. The lowest BCUT2D eigenvalue weighted by atomic mass is 11.0. The predicted octanol–water partition coefficient (Wildman–Crippen LogP) is -1.94. The fourth-order valence-corrected chi connectivity index (χ4v) is 0.105. The van der Waals surface area contributed by atoms with E-state index in [0.29, 0.717) is 0 Å². The second-order valence-electron chi connectivity index (χ2n) is 1.30. The Bertz CT molecular complexity index is 188. The molecular formula is C4H10N4O6. The zero-order chi connectivity index (χ0) is 12.1. The molecule has 10 heteroatoms. The summed E-state index contributed by atoms with van der Waals surface area (Å²) in [6, 6.07) is -1.90. The third-order valence-electron chi connectivity index (χ3n) is 0.230. The molecule has 0 aromatic carbocycles. The number of carbonyl (C=O) groups excluding carboxylic acids is 2. The van der Waals surface area contributed by atoms with Gasteiger partial charge in [-0.15, -0.1) is 0 Å². The number of hydrogen-bond acceptors (Lipinski definition) is 4. The molecule has 0 heterocycles. The number of imide groups is 1. The number of rotatable bonds is 0. The zero-order valence-electron chi connectivity index (χ0n) is 6.84. The van der Waals surface area contributed by atoms with E-state index in [0.717, 1.165) is 0 Å². The Labute approximate surface area is 77.6 Å². The van der Waals surface area contributed by atoms with Crippen molar-refractivity contribution in [3.63, 3.8) is 0 Å². The van der Waals surface area contributed by atoms with Gasteiger partial charge in [0.2, 0.25) is 0 Å². The summed E-state index contributed by atoms with van der Waals surface area (Å²) in [6.07, 6.45) is -1.44. The Hall–Kier alpha value is -2.52. The molecule has 0 saturated carbocycles. The van der Waals surface area contributed by atoms with Gasteiger partial charge in [0.25, 0.3) is 6.47 Å². The van der Waals surface area contributed by atoms with Crippen molar-refractivity contribution in [2.24, 2.45) is 17.2 Å². The first-order valence-corrected chi connectivity index (χ1v) is 2.70. The molecule has 0 spiro atoms. The van der Waals surface area contributed by atoms with Gasteiger partial charge in [0, 0.05) is 0 Å². The molecule has 0 aliphatic carbocycles. The molecule has 0 unspecified atom stereocenters. The first kappa shape index (κ1) is 17.5. The summed E-state index contributed by atoms with van der Waals surface area (Å²) < 4.78 is 0. The molecule has 0 aromatic rings. The summed E-state index contributed by atoms with van der Waals surface area (Å²) in [4.78, 5) is 36.3. The molecule has 10 nitrogen and oxygen atoms in total. The van der Waals surface area contributed by atoms with E-state index in [1.807, 2.05) is 0 Å². The quantitative estimate of drug-likeness (QED) is 0.251. The molecule has 82 valence electrons. The van der Waals surface area contributed by atoms with Gasteiger partial charge in [-0.1, -0.05) is 0 Å². The van der Waals surface area contributed by atoms with Crippen LogP contribution in [0.2, 0.25) is 0 Å². The highest BCUT2D eigenvalue weighted by Gasteiger charge is 1.94. The molecule has 9 N–H and O–H groups in total. The number of urea groups is 2. The van der Waals surface area contributed by atoms with Crippen molar-refractivity contribution in [1.29, 1.82) is 0 Å². The van der Waals surface area contributed by atoms with Crippen LogP contribution in [0.1, 0.15) is 0 Å². The van der Waals surface area contributed by atoms with E-state index < -0.39 is 18.2 Å². The van der Waals surface area contributed by atoms with Crippen LogP contribution in [-0.2, 0) is 4.79 Å². The van der Waals surface area contributed by atoms with Crippen molar-refractivity contribution in [1.82, 2.24) is 5.32 Å². The third-order valence-corrected chi connectivity index (χ3v) is 0.230. The second kappa shape index (κ2) is 13.1. The number of nitrogens with two attached hydrogens (primary N) is 3. The molecule has 0 bridgehead atoms. The SMILES string of the molecule is NC(=O)NC(=O)O.NC(N)=O.O=CO. The maximum absolute atomic E-state index is 9.54. The van der Waals surface area contributed by atoms with E-state index in [4.69, 9.17) is 19.8 Å². The number of nitrogens with one attached hydrogen (secondary N) is 1. The summed E-state index contributed by atoms with van der Waals surface area (Å²) in [5.41, 5.74) is 12.9. The van der Waals surface area contributed by atoms with Crippen LogP contribution in [0.4, 0.5) is 14.4 Å². The lowest BCUT2D eigenvalue weighted by Gasteiger charge is -1.86. The van der Waals surface area contributed by atoms with E-state index in [-0.39, 0.29) is 6.47 Å². The summed E-state index contributed by atoms with van der Waals surface area (Å²) in [5, 5.41) is 15.9. The first-order valence-electron chi connectivity index (χ1n) is 2.70. The average Bonchev–Trinajstić information content (AvgIpc) is 1.82. The number of carboxylic acid groups (broad SMARTS) is 2. The Balaban J connectivity index is -0.000000147. The largest absolute Gasteiger partial charge is 0.483 e. The third kappa shape index (κ3) is 311. The normalized spacial score (nSPS) is 6.29. The molecule has 14 heavy (non-hydrogen) atoms. The highest BCUT2D eigenvalue weighted by Crippen LogP contribution is 1.55. The minimum Gasteiger partial charge on any atom is -0.483 e. The van der Waals surface area contributed by atoms with Gasteiger partial charge in [0.15, 0.2) is 0 Å². The molecule has 0 saturated heterocycles. The molecule has 0 atom stereocenters. The van der Waals surface area contributed by atoms with Crippen LogP contribution in [-0.4, -0.2) is 34.8 Å². The fraction of sp³-hybridized carbons (Fsp3) is 0. The van der Waals surface area contributed by atoms with Crippen LogP contribution in [0, 0.1) is 0 Å². The Morgan fingerprint density at radius 1 is 1.14 bits per heavy atom. The van der Waals surface area contributed by atoms with Crippen molar-refractivity contribution < 1.29 is 29.4 Å². The number of hydrogen-bond donors (Lipinski definition) is 6. The first-order chi connectivity index (χ1) is 6.27. The Kier molecular flexibility index (Phi) is 16.4. The van der Waals surface area contributed by atoms with E-state index >= 15 is 0 Å². The molecule has 0 radical (unpaired) electrons. The summed E-state index contributed by atoms with van der Waals surface area (Å²) >= 11 is 0. The maximum atomic E-state index is 9.54. The van der Waals surface area contributed by atoms with Gasteiger partial charge in [0.1, 0.15) is 0 Å².